The van der Waals surface area contributed by atoms with Gasteiger partial charge in [0, 0.05) is 7.11 Å². The van der Waals surface area contributed by atoms with Gasteiger partial charge in [0.05, 0.1) is 58.9 Å². The summed E-state index contributed by atoms with van der Waals surface area (Å²) in [5, 5.41) is 12.3. The maximum Gasteiger partial charge on any atom is 0.0701 e. The van der Waals surface area contributed by atoms with Crippen molar-refractivity contribution in [1.82, 2.24) is 5.32 Å². The average molecular weight is 279 g/mol. The highest BCUT2D eigenvalue weighted by Gasteiger charge is 2.05. The molecule has 0 aliphatic rings. The van der Waals surface area contributed by atoms with Crippen molar-refractivity contribution in [3.05, 3.63) is 0 Å². The summed E-state index contributed by atoms with van der Waals surface area (Å²) >= 11 is 0. The standard InChI is InChI=1S/C13H29NO5/c1-3-4-14-13(11-15)12-19-10-9-18-8-7-17-6-5-16-2/h13-15H,3-12H2,1-2H3. The van der Waals surface area contributed by atoms with Gasteiger partial charge in [-0.05, 0) is 13.0 Å². The van der Waals surface area contributed by atoms with Gasteiger partial charge in [-0.25, -0.2) is 0 Å². The molecule has 0 aromatic heterocycles. The van der Waals surface area contributed by atoms with E-state index >= 15 is 0 Å². The lowest BCUT2D eigenvalue weighted by atomic mass is 10.3. The van der Waals surface area contributed by atoms with Crippen LogP contribution in [0.5, 0.6) is 0 Å². The molecule has 0 aromatic rings. The number of methoxy groups -OCH3 is 1. The lowest BCUT2D eigenvalue weighted by Gasteiger charge is -2.15. The van der Waals surface area contributed by atoms with E-state index in [2.05, 4.69) is 12.2 Å². The second-order valence-electron chi connectivity index (χ2n) is 4.13. The molecule has 0 fully saturated rings. The number of aliphatic hydroxyl groups is 1. The Morgan fingerprint density at radius 1 is 0.947 bits per heavy atom. The second kappa shape index (κ2) is 15.8. The van der Waals surface area contributed by atoms with Crippen LogP contribution in [0.2, 0.25) is 0 Å². The van der Waals surface area contributed by atoms with E-state index in [1.807, 2.05) is 0 Å². The normalized spacial score (nSPS) is 12.8. The molecule has 2 N–H and O–H groups in total. The van der Waals surface area contributed by atoms with E-state index in [1.54, 1.807) is 7.11 Å². The molecule has 0 aliphatic heterocycles. The van der Waals surface area contributed by atoms with Crippen molar-refractivity contribution in [3.63, 3.8) is 0 Å². The van der Waals surface area contributed by atoms with E-state index in [0.29, 0.717) is 46.2 Å². The zero-order chi connectivity index (χ0) is 14.2. The number of ether oxygens (including phenoxy) is 4. The number of hydrogen-bond acceptors (Lipinski definition) is 6. The van der Waals surface area contributed by atoms with Gasteiger partial charge in [-0.15, -0.1) is 0 Å². The first-order valence-electron chi connectivity index (χ1n) is 6.91. The van der Waals surface area contributed by atoms with Gasteiger partial charge >= 0.3 is 0 Å². The van der Waals surface area contributed by atoms with Crippen LogP contribution in [0.15, 0.2) is 0 Å². The maximum atomic E-state index is 9.10. The van der Waals surface area contributed by atoms with Gasteiger partial charge in [-0.2, -0.15) is 0 Å². The first-order valence-corrected chi connectivity index (χ1v) is 6.91. The highest BCUT2D eigenvalue weighted by Crippen LogP contribution is 1.87. The van der Waals surface area contributed by atoms with Crippen molar-refractivity contribution in [2.75, 3.05) is 66.5 Å². The number of nitrogens with one attached hydrogen (secondary N) is 1. The predicted octanol–water partition coefficient (Wildman–Crippen LogP) is 0.0431. The summed E-state index contributed by atoms with van der Waals surface area (Å²) < 4.78 is 20.9. The third kappa shape index (κ3) is 14.0. The van der Waals surface area contributed by atoms with Crippen LogP contribution in [-0.4, -0.2) is 77.7 Å². The van der Waals surface area contributed by atoms with Crippen LogP contribution < -0.4 is 5.32 Å². The molecule has 1 atom stereocenters. The molecule has 1 unspecified atom stereocenters. The van der Waals surface area contributed by atoms with Crippen molar-refractivity contribution >= 4 is 0 Å². The van der Waals surface area contributed by atoms with Gasteiger partial charge in [-0.3, -0.25) is 0 Å². The molecule has 0 rings (SSSR count). The second-order valence-corrected chi connectivity index (χ2v) is 4.13. The van der Waals surface area contributed by atoms with Crippen LogP contribution in [0.4, 0.5) is 0 Å². The molecule has 6 heteroatoms. The summed E-state index contributed by atoms with van der Waals surface area (Å²) in [6, 6.07) is 0.0114. The van der Waals surface area contributed by atoms with Crippen LogP contribution in [0.1, 0.15) is 13.3 Å². The summed E-state index contributed by atoms with van der Waals surface area (Å²) in [6.45, 7) is 6.98. The van der Waals surface area contributed by atoms with E-state index in [0.717, 1.165) is 13.0 Å². The summed E-state index contributed by atoms with van der Waals surface area (Å²) in [6.07, 6.45) is 1.04. The Hall–Kier alpha value is -0.240. The molecule has 0 bridgehead atoms. The molecular formula is C13H29NO5. The molecule has 19 heavy (non-hydrogen) atoms. The van der Waals surface area contributed by atoms with E-state index in [1.165, 1.54) is 0 Å². The van der Waals surface area contributed by atoms with Crippen molar-refractivity contribution in [3.8, 4) is 0 Å². The number of hydrogen-bond donors (Lipinski definition) is 2. The van der Waals surface area contributed by atoms with Gasteiger partial charge in [0.25, 0.3) is 0 Å². The zero-order valence-corrected chi connectivity index (χ0v) is 12.2. The monoisotopic (exact) mass is 279 g/mol. The molecule has 0 saturated carbocycles. The van der Waals surface area contributed by atoms with Gasteiger partial charge in [0.15, 0.2) is 0 Å². The van der Waals surface area contributed by atoms with Crippen LogP contribution in [0, 0.1) is 0 Å². The fourth-order valence-corrected chi connectivity index (χ4v) is 1.33. The summed E-state index contributed by atoms with van der Waals surface area (Å²) in [7, 11) is 1.65. The zero-order valence-electron chi connectivity index (χ0n) is 12.2. The van der Waals surface area contributed by atoms with E-state index in [4.69, 9.17) is 24.1 Å². The minimum atomic E-state index is 0.0114. The number of aliphatic hydroxyl groups excluding tert-OH is 1. The van der Waals surface area contributed by atoms with Gasteiger partial charge < -0.3 is 29.4 Å². The van der Waals surface area contributed by atoms with Crippen LogP contribution in [0.3, 0.4) is 0 Å². The summed E-state index contributed by atoms with van der Waals surface area (Å²) in [5.41, 5.74) is 0. The Bertz CT molecular complexity index is 171. The molecule has 0 aromatic carbocycles. The number of rotatable bonds is 15. The van der Waals surface area contributed by atoms with Crippen LogP contribution >= 0.6 is 0 Å². The minimum Gasteiger partial charge on any atom is -0.395 e. The third-order valence-electron chi connectivity index (χ3n) is 2.40. The molecule has 0 heterocycles. The van der Waals surface area contributed by atoms with Crippen molar-refractivity contribution in [1.29, 1.82) is 0 Å². The van der Waals surface area contributed by atoms with Gasteiger partial charge in [0.2, 0.25) is 0 Å². The lowest BCUT2D eigenvalue weighted by Crippen LogP contribution is -2.37. The minimum absolute atomic E-state index is 0.0114. The molecular weight excluding hydrogens is 250 g/mol. The molecule has 0 aliphatic carbocycles. The molecule has 0 radical (unpaired) electrons. The summed E-state index contributed by atoms with van der Waals surface area (Å²) in [5.74, 6) is 0. The largest absolute Gasteiger partial charge is 0.395 e. The van der Waals surface area contributed by atoms with Crippen molar-refractivity contribution in [2.24, 2.45) is 0 Å². The smallest absolute Gasteiger partial charge is 0.0701 e. The first-order chi connectivity index (χ1) is 9.35. The fraction of sp³-hybridized carbons (Fsp3) is 1.00. The highest BCUT2D eigenvalue weighted by atomic mass is 16.6. The summed E-state index contributed by atoms with van der Waals surface area (Å²) in [4.78, 5) is 0. The topological polar surface area (TPSA) is 69.2 Å². The first kappa shape index (κ1) is 18.8. The quantitative estimate of drug-likeness (QED) is 0.413. The molecule has 0 amide bonds. The average Bonchev–Trinajstić information content (AvgIpc) is 2.44. The molecule has 0 saturated heterocycles. The Morgan fingerprint density at radius 2 is 1.53 bits per heavy atom. The lowest BCUT2D eigenvalue weighted by molar-refractivity contribution is -0.00144. The van der Waals surface area contributed by atoms with Crippen molar-refractivity contribution < 1.29 is 24.1 Å². The third-order valence-corrected chi connectivity index (χ3v) is 2.40. The van der Waals surface area contributed by atoms with Gasteiger partial charge in [-0.1, -0.05) is 6.92 Å². The van der Waals surface area contributed by atoms with E-state index in [9.17, 15) is 0 Å². The SMILES string of the molecule is CCCNC(CO)COCCOCCOCCOC. The van der Waals surface area contributed by atoms with Gasteiger partial charge in [0.1, 0.15) is 0 Å². The van der Waals surface area contributed by atoms with E-state index < -0.39 is 0 Å². The van der Waals surface area contributed by atoms with Crippen LogP contribution in [0.25, 0.3) is 0 Å². The van der Waals surface area contributed by atoms with E-state index in [-0.39, 0.29) is 12.6 Å². The Labute approximate surface area is 116 Å². The fourth-order valence-electron chi connectivity index (χ4n) is 1.33. The van der Waals surface area contributed by atoms with Crippen LogP contribution in [-0.2, 0) is 18.9 Å². The molecule has 116 valence electrons. The predicted molar refractivity (Wildman–Crippen MR) is 73.5 cm³/mol. The molecule has 6 nitrogen and oxygen atoms in total. The molecule has 0 spiro atoms. The Morgan fingerprint density at radius 3 is 2.05 bits per heavy atom. The maximum absolute atomic E-state index is 9.10. The highest BCUT2D eigenvalue weighted by molar-refractivity contribution is 4.63. The Balaban J connectivity index is 3.16. The Kier molecular flexibility index (Phi) is 15.6. The van der Waals surface area contributed by atoms with Crippen molar-refractivity contribution in [2.45, 2.75) is 19.4 Å².